The first-order valence-electron chi connectivity index (χ1n) is 5.13. The Hall–Kier alpha value is -0.870. The summed E-state index contributed by atoms with van der Waals surface area (Å²) < 4.78 is 7.38. The van der Waals surface area contributed by atoms with Crippen LogP contribution in [0.2, 0.25) is 0 Å². The molecule has 2 N–H and O–H groups in total. The predicted octanol–water partition coefficient (Wildman–Crippen LogP) is 0.824. The lowest BCUT2D eigenvalue weighted by atomic mass is 10.1. The summed E-state index contributed by atoms with van der Waals surface area (Å²) in [7, 11) is 1.69. The molecule has 4 heteroatoms. The molecule has 0 aliphatic carbocycles. The van der Waals surface area contributed by atoms with E-state index in [2.05, 4.69) is 9.55 Å². The first-order valence-corrected chi connectivity index (χ1v) is 5.13. The van der Waals surface area contributed by atoms with Gasteiger partial charge in [0.15, 0.2) is 0 Å². The number of rotatable bonds is 3. The number of nitrogens with two attached hydrogens (primary N) is 1. The second-order valence-electron chi connectivity index (χ2n) is 3.67. The molecule has 0 unspecified atom stereocenters. The van der Waals surface area contributed by atoms with Gasteiger partial charge < -0.3 is 15.0 Å². The lowest BCUT2D eigenvalue weighted by molar-refractivity contribution is 0.181. The highest BCUT2D eigenvalue weighted by atomic mass is 16.5. The fourth-order valence-corrected chi connectivity index (χ4v) is 2.08. The largest absolute Gasteiger partial charge is 0.378 e. The lowest BCUT2D eigenvalue weighted by Gasteiger charge is -2.15. The molecule has 2 rings (SSSR count). The zero-order valence-electron chi connectivity index (χ0n) is 8.62. The third-order valence-corrected chi connectivity index (χ3v) is 2.74. The highest BCUT2D eigenvalue weighted by molar-refractivity contribution is 5.18. The maximum Gasteiger partial charge on any atom is 0.109 e. The van der Waals surface area contributed by atoms with Crippen LogP contribution < -0.4 is 5.73 Å². The zero-order valence-corrected chi connectivity index (χ0v) is 8.62. The Balaban J connectivity index is 2.36. The Labute approximate surface area is 84.1 Å². The molecular weight excluding hydrogens is 178 g/mol. The van der Waals surface area contributed by atoms with Crippen molar-refractivity contribution < 1.29 is 4.74 Å². The number of hydrogen-bond donors (Lipinski definition) is 1. The van der Waals surface area contributed by atoms with Gasteiger partial charge in [0.2, 0.25) is 0 Å². The zero-order chi connectivity index (χ0) is 9.97. The van der Waals surface area contributed by atoms with Crippen molar-refractivity contribution in [3.8, 4) is 0 Å². The fraction of sp³-hybridized carbons (Fsp3) is 0.700. The predicted molar refractivity (Wildman–Crippen MR) is 53.8 cm³/mol. The van der Waals surface area contributed by atoms with E-state index in [1.54, 1.807) is 7.11 Å². The van der Waals surface area contributed by atoms with Crippen molar-refractivity contribution in [2.75, 3.05) is 7.11 Å². The molecule has 0 spiro atoms. The molecule has 14 heavy (non-hydrogen) atoms. The van der Waals surface area contributed by atoms with Gasteiger partial charge in [-0.05, 0) is 12.8 Å². The molecule has 0 saturated heterocycles. The van der Waals surface area contributed by atoms with Crippen LogP contribution in [0.4, 0.5) is 0 Å². The summed E-state index contributed by atoms with van der Waals surface area (Å²) >= 11 is 0. The summed E-state index contributed by atoms with van der Waals surface area (Å²) in [4.78, 5) is 4.57. The maximum atomic E-state index is 5.73. The van der Waals surface area contributed by atoms with Crippen LogP contribution in [0.3, 0.4) is 0 Å². The quantitative estimate of drug-likeness (QED) is 0.777. The molecule has 0 saturated carbocycles. The van der Waals surface area contributed by atoms with Crippen molar-refractivity contribution >= 4 is 0 Å². The Morgan fingerprint density at radius 1 is 1.50 bits per heavy atom. The molecule has 0 atom stereocenters. The van der Waals surface area contributed by atoms with E-state index < -0.39 is 0 Å². The van der Waals surface area contributed by atoms with Crippen LogP contribution in [0.15, 0.2) is 0 Å². The smallest absolute Gasteiger partial charge is 0.109 e. The van der Waals surface area contributed by atoms with Crippen molar-refractivity contribution in [1.29, 1.82) is 0 Å². The van der Waals surface area contributed by atoms with Crippen molar-refractivity contribution in [1.82, 2.24) is 9.55 Å². The van der Waals surface area contributed by atoms with Crippen molar-refractivity contribution in [2.45, 2.75) is 39.0 Å². The molecule has 0 radical (unpaired) electrons. The molecule has 4 nitrogen and oxygen atoms in total. The molecule has 1 aliphatic heterocycles. The average molecular weight is 195 g/mol. The standard InChI is InChI=1S/C10H17N3O/c1-14-7-8-9(6-11)13-5-3-2-4-10(13)12-8/h2-7,11H2,1H3. The topological polar surface area (TPSA) is 53.1 Å². The van der Waals surface area contributed by atoms with E-state index in [9.17, 15) is 0 Å². The molecule has 2 heterocycles. The highest BCUT2D eigenvalue weighted by Crippen LogP contribution is 2.19. The summed E-state index contributed by atoms with van der Waals surface area (Å²) in [5, 5.41) is 0. The van der Waals surface area contributed by atoms with Gasteiger partial charge in [0.1, 0.15) is 5.82 Å². The normalized spacial score (nSPS) is 15.6. The minimum absolute atomic E-state index is 0.561. The second kappa shape index (κ2) is 4.11. The number of hydrogen-bond acceptors (Lipinski definition) is 3. The van der Waals surface area contributed by atoms with E-state index >= 15 is 0 Å². The van der Waals surface area contributed by atoms with Gasteiger partial charge in [-0.15, -0.1) is 0 Å². The van der Waals surface area contributed by atoms with Crippen LogP contribution in [0.5, 0.6) is 0 Å². The Kier molecular flexibility index (Phi) is 2.84. The molecular formula is C10H17N3O. The first kappa shape index (κ1) is 9.68. The molecule has 0 amide bonds. The first-order chi connectivity index (χ1) is 6.86. The third kappa shape index (κ3) is 1.55. The van der Waals surface area contributed by atoms with Crippen LogP contribution in [-0.4, -0.2) is 16.7 Å². The Morgan fingerprint density at radius 2 is 2.36 bits per heavy atom. The van der Waals surface area contributed by atoms with Crippen LogP contribution in [0, 0.1) is 0 Å². The lowest BCUT2D eigenvalue weighted by Crippen LogP contribution is -2.15. The van der Waals surface area contributed by atoms with Gasteiger partial charge in [0, 0.05) is 26.6 Å². The summed E-state index contributed by atoms with van der Waals surface area (Å²) in [5.74, 6) is 1.18. The monoisotopic (exact) mass is 195 g/mol. The molecule has 78 valence electrons. The van der Waals surface area contributed by atoms with Gasteiger partial charge in [-0.25, -0.2) is 4.98 Å². The van der Waals surface area contributed by atoms with Gasteiger partial charge >= 0.3 is 0 Å². The second-order valence-corrected chi connectivity index (χ2v) is 3.67. The highest BCUT2D eigenvalue weighted by Gasteiger charge is 2.17. The van der Waals surface area contributed by atoms with E-state index in [0.29, 0.717) is 13.2 Å². The number of imidazole rings is 1. The van der Waals surface area contributed by atoms with Crippen LogP contribution in [0.1, 0.15) is 30.1 Å². The number of ether oxygens (including phenoxy) is 1. The number of aryl methyl sites for hydroxylation is 1. The number of fused-ring (bicyclic) bond motifs is 1. The maximum absolute atomic E-state index is 5.73. The minimum atomic E-state index is 0.561. The summed E-state index contributed by atoms with van der Waals surface area (Å²) in [6.45, 7) is 2.21. The average Bonchev–Trinajstić information content (AvgIpc) is 2.55. The van der Waals surface area contributed by atoms with Crippen LogP contribution in [0.25, 0.3) is 0 Å². The molecule has 1 aromatic rings. The van der Waals surface area contributed by atoms with Crippen molar-refractivity contribution in [3.63, 3.8) is 0 Å². The van der Waals surface area contributed by atoms with Crippen molar-refractivity contribution in [2.24, 2.45) is 5.73 Å². The van der Waals surface area contributed by atoms with E-state index in [4.69, 9.17) is 10.5 Å². The van der Waals surface area contributed by atoms with Gasteiger partial charge in [-0.3, -0.25) is 0 Å². The SMILES string of the molecule is COCc1nc2n(c1CN)CCCC2. The van der Waals surface area contributed by atoms with Crippen LogP contribution in [-0.2, 0) is 30.9 Å². The summed E-state index contributed by atoms with van der Waals surface area (Å²) in [5.41, 5.74) is 7.91. The van der Waals surface area contributed by atoms with Gasteiger partial charge in [0.25, 0.3) is 0 Å². The van der Waals surface area contributed by atoms with E-state index in [1.807, 2.05) is 0 Å². The Bertz CT molecular complexity index is 319. The van der Waals surface area contributed by atoms with Gasteiger partial charge in [0.05, 0.1) is 18.0 Å². The van der Waals surface area contributed by atoms with Crippen LogP contribution >= 0.6 is 0 Å². The number of nitrogens with zero attached hydrogens (tertiary/aromatic N) is 2. The Morgan fingerprint density at radius 3 is 3.07 bits per heavy atom. The third-order valence-electron chi connectivity index (χ3n) is 2.74. The molecule has 0 fully saturated rings. The summed E-state index contributed by atoms with van der Waals surface area (Å²) in [6, 6.07) is 0. The molecule has 1 aliphatic rings. The van der Waals surface area contributed by atoms with Crippen molar-refractivity contribution in [3.05, 3.63) is 17.2 Å². The summed E-state index contributed by atoms with van der Waals surface area (Å²) in [6.07, 6.45) is 3.56. The molecule has 0 aromatic carbocycles. The van der Waals surface area contributed by atoms with E-state index in [1.165, 1.54) is 18.7 Å². The number of aromatic nitrogens is 2. The van der Waals surface area contributed by atoms with E-state index in [0.717, 1.165) is 24.4 Å². The molecule has 1 aromatic heterocycles. The fourth-order valence-electron chi connectivity index (χ4n) is 2.08. The van der Waals surface area contributed by atoms with Gasteiger partial charge in [-0.1, -0.05) is 0 Å². The number of methoxy groups -OCH3 is 1. The molecule has 0 bridgehead atoms. The van der Waals surface area contributed by atoms with E-state index in [-0.39, 0.29) is 0 Å². The van der Waals surface area contributed by atoms with Gasteiger partial charge in [-0.2, -0.15) is 0 Å². The minimum Gasteiger partial charge on any atom is -0.378 e.